The lowest BCUT2D eigenvalue weighted by Crippen LogP contribution is -2.17. The number of hydrogen-bond donors (Lipinski definition) is 3. The standard InChI is InChI=1S/C19H16ClN3O3/c1-2-18(25)21-11-7-8-13(20)15(9-11)23-19(26)16-10-17(24)12-5-3-4-6-14(12)22-16/h3-10H,2H2,1H3,(H,21,25)(H,22,24)(H,23,26). The number of aromatic amines is 1. The van der Waals surface area contributed by atoms with Gasteiger partial charge in [-0.25, -0.2) is 0 Å². The maximum absolute atomic E-state index is 12.5. The molecule has 3 aromatic rings. The highest BCUT2D eigenvalue weighted by atomic mass is 35.5. The van der Waals surface area contributed by atoms with Gasteiger partial charge in [-0.2, -0.15) is 0 Å². The van der Waals surface area contributed by atoms with E-state index in [9.17, 15) is 14.4 Å². The normalized spacial score (nSPS) is 10.5. The molecule has 0 bridgehead atoms. The zero-order valence-corrected chi connectivity index (χ0v) is 14.7. The summed E-state index contributed by atoms with van der Waals surface area (Å²) in [6.07, 6.45) is 0.336. The van der Waals surface area contributed by atoms with Gasteiger partial charge in [-0.1, -0.05) is 30.7 Å². The molecule has 2 aromatic carbocycles. The largest absolute Gasteiger partial charge is 0.350 e. The Kier molecular flexibility index (Phi) is 5.04. The molecule has 0 saturated carbocycles. The van der Waals surface area contributed by atoms with Crippen molar-refractivity contribution in [2.24, 2.45) is 0 Å². The average molecular weight is 370 g/mol. The molecule has 1 heterocycles. The summed E-state index contributed by atoms with van der Waals surface area (Å²) in [6, 6.07) is 13.0. The van der Waals surface area contributed by atoms with Gasteiger partial charge in [-0.3, -0.25) is 14.4 Å². The van der Waals surface area contributed by atoms with Crippen LogP contribution in [0.1, 0.15) is 23.8 Å². The van der Waals surface area contributed by atoms with Crippen molar-refractivity contribution in [3.05, 3.63) is 69.5 Å². The van der Waals surface area contributed by atoms with Gasteiger partial charge in [0, 0.05) is 29.1 Å². The van der Waals surface area contributed by atoms with Crippen LogP contribution in [0.5, 0.6) is 0 Å². The lowest BCUT2D eigenvalue weighted by atomic mass is 10.2. The predicted molar refractivity (Wildman–Crippen MR) is 103 cm³/mol. The minimum atomic E-state index is -0.506. The van der Waals surface area contributed by atoms with Crippen LogP contribution in [0.25, 0.3) is 10.9 Å². The quantitative estimate of drug-likeness (QED) is 0.653. The number of carbonyl (C=O) groups excluding carboxylic acids is 2. The van der Waals surface area contributed by atoms with Crippen LogP contribution in [0.4, 0.5) is 11.4 Å². The molecule has 6 nitrogen and oxygen atoms in total. The molecule has 0 aliphatic heterocycles. The first kappa shape index (κ1) is 17.7. The summed E-state index contributed by atoms with van der Waals surface area (Å²) in [7, 11) is 0. The fourth-order valence-corrected chi connectivity index (χ4v) is 2.62. The van der Waals surface area contributed by atoms with Crippen LogP contribution in [-0.4, -0.2) is 16.8 Å². The van der Waals surface area contributed by atoms with Crippen LogP contribution < -0.4 is 16.1 Å². The highest BCUT2D eigenvalue weighted by Gasteiger charge is 2.12. The summed E-state index contributed by atoms with van der Waals surface area (Å²) in [6.45, 7) is 1.74. The van der Waals surface area contributed by atoms with Gasteiger partial charge in [0.05, 0.1) is 10.7 Å². The van der Waals surface area contributed by atoms with Gasteiger partial charge in [0.2, 0.25) is 5.91 Å². The molecular weight excluding hydrogens is 354 g/mol. The molecule has 0 spiro atoms. The van der Waals surface area contributed by atoms with Gasteiger partial charge in [0.25, 0.3) is 5.91 Å². The van der Waals surface area contributed by atoms with E-state index >= 15 is 0 Å². The summed E-state index contributed by atoms with van der Waals surface area (Å²) in [4.78, 5) is 39.1. The Hall–Kier alpha value is -3.12. The smallest absolute Gasteiger partial charge is 0.272 e. The second-order valence-electron chi connectivity index (χ2n) is 5.64. The zero-order chi connectivity index (χ0) is 18.7. The number of hydrogen-bond acceptors (Lipinski definition) is 3. The Labute approximate surface area is 154 Å². The monoisotopic (exact) mass is 369 g/mol. The van der Waals surface area contributed by atoms with Gasteiger partial charge >= 0.3 is 0 Å². The summed E-state index contributed by atoms with van der Waals surface area (Å²) in [5, 5.41) is 6.18. The summed E-state index contributed by atoms with van der Waals surface area (Å²) in [5.41, 5.74) is 1.29. The molecule has 1 aromatic heterocycles. The molecule has 0 aliphatic rings. The number of benzene rings is 2. The Morgan fingerprint density at radius 3 is 2.62 bits per heavy atom. The number of nitrogens with one attached hydrogen (secondary N) is 3. The van der Waals surface area contributed by atoms with E-state index in [0.29, 0.717) is 33.7 Å². The van der Waals surface area contributed by atoms with Crippen molar-refractivity contribution < 1.29 is 9.59 Å². The summed E-state index contributed by atoms with van der Waals surface area (Å²) >= 11 is 6.13. The number of amides is 2. The number of pyridine rings is 1. The van der Waals surface area contributed by atoms with Gasteiger partial charge in [0.1, 0.15) is 5.69 Å². The number of rotatable bonds is 4. The van der Waals surface area contributed by atoms with Crippen LogP contribution in [0.15, 0.2) is 53.3 Å². The zero-order valence-electron chi connectivity index (χ0n) is 13.9. The molecule has 3 rings (SSSR count). The van der Waals surface area contributed by atoms with Gasteiger partial charge < -0.3 is 15.6 Å². The van der Waals surface area contributed by atoms with Crippen LogP contribution in [0.2, 0.25) is 5.02 Å². The fraction of sp³-hybridized carbons (Fsp3) is 0.105. The van der Waals surface area contributed by atoms with E-state index in [1.165, 1.54) is 6.07 Å². The van der Waals surface area contributed by atoms with Crippen LogP contribution in [-0.2, 0) is 4.79 Å². The molecule has 0 aliphatic carbocycles. The number of H-pyrrole nitrogens is 1. The Bertz CT molecular complexity index is 1060. The van der Waals surface area contributed by atoms with Crippen molar-refractivity contribution in [3.8, 4) is 0 Å². The molecule has 26 heavy (non-hydrogen) atoms. The summed E-state index contributed by atoms with van der Waals surface area (Å²) < 4.78 is 0. The van der Waals surface area contributed by atoms with E-state index in [4.69, 9.17) is 11.6 Å². The highest BCUT2D eigenvalue weighted by Crippen LogP contribution is 2.26. The van der Waals surface area contributed by atoms with Crippen LogP contribution in [0, 0.1) is 0 Å². The molecule has 0 unspecified atom stereocenters. The first-order valence-corrected chi connectivity index (χ1v) is 8.38. The van der Waals surface area contributed by atoms with E-state index in [1.807, 2.05) is 0 Å². The maximum Gasteiger partial charge on any atom is 0.272 e. The molecule has 2 amide bonds. The van der Waals surface area contributed by atoms with Crippen molar-refractivity contribution in [1.29, 1.82) is 0 Å². The molecule has 7 heteroatoms. The number of para-hydroxylation sites is 1. The lowest BCUT2D eigenvalue weighted by molar-refractivity contribution is -0.115. The van der Waals surface area contributed by atoms with Gasteiger partial charge in [-0.15, -0.1) is 0 Å². The third-order valence-corrected chi connectivity index (χ3v) is 4.13. The average Bonchev–Trinajstić information content (AvgIpc) is 2.64. The first-order chi connectivity index (χ1) is 12.5. The number of fused-ring (bicyclic) bond motifs is 1. The molecule has 0 saturated heterocycles. The number of anilines is 2. The minimum absolute atomic E-state index is 0.118. The van der Waals surface area contributed by atoms with Crippen molar-refractivity contribution in [2.75, 3.05) is 10.6 Å². The summed E-state index contributed by atoms with van der Waals surface area (Å²) in [5.74, 6) is -0.655. The Morgan fingerprint density at radius 2 is 1.85 bits per heavy atom. The molecule has 0 radical (unpaired) electrons. The Balaban J connectivity index is 1.89. The second-order valence-corrected chi connectivity index (χ2v) is 6.05. The van der Waals surface area contributed by atoms with E-state index in [1.54, 1.807) is 49.4 Å². The molecule has 3 N–H and O–H groups in total. The van der Waals surface area contributed by atoms with Crippen LogP contribution >= 0.6 is 11.6 Å². The number of halogens is 1. The molecule has 132 valence electrons. The van der Waals surface area contributed by atoms with Crippen molar-refractivity contribution in [3.63, 3.8) is 0 Å². The van der Waals surface area contributed by atoms with E-state index in [0.717, 1.165) is 0 Å². The van der Waals surface area contributed by atoms with Gasteiger partial charge in [0.15, 0.2) is 5.43 Å². The second kappa shape index (κ2) is 7.41. The first-order valence-electron chi connectivity index (χ1n) is 8.00. The van der Waals surface area contributed by atoms with Crippen molar-refractivity contribution in [1.82, 2.24) is 4.98 Å². The van der Waals surface area contributed by atoms with Crippen molar-refractivity contribution >= 4 is 45.7 Å². The fourth-order valence-electron chi connectivity index (χ4n) is 2.46. The topological polar surface area (TPSA) is 91.1 Å². The van der Waals surface area contributed by atoms with Crippen LogP contribution in [0.3, 0.4) is 0 Å². The molecule has 0 atom stereocenters. The molecular formula is C19H16ClN3O3. The molecule has 0 fully saturated rings. The SMILES string of the molecule is CCC(=O)Nc1ccc(Cl)c(NC(=O)c2cc(=O)c3ccccc3[nH]2)c1. The van der Waals surface area contributed by atoms with E-state index in [2.05, 4.69) is 15.6 Å². The maximum atomic E-state index is 12.5. The highest BCUT2D eigenvalue weighted by molar-refractivity contribution is 6.34. The third kappa shape index (κ3) is 3.75. The van der Waals surface area contributed by atoms with Gasteiger partial charge in [-0.05, 0) is 30.3 Å². The van der Waals surface area contributed by atoms with Crippen molar-refractivity contribution in [2.45, 2.75) is 13.3 Å². The minimum Gasteiger partial charge on any atom is -0.350 e. The third-order valence-electron chi connectivity index (χ3n) is 3.80. The lowest BCUT2D eigenvalue weighted by Gasteiger charge is -2.11. The number of carbonyl (C=O) groups is 2. The van der Waals surface area contributed by atoms with E-state index < -0.39 is 5.91 Å². The Morgan fingerprint density at radius 1 is 1.08 bits per heavy atom. The predicted octanol–water partition coefficient (Wildman–Crippen LogP) is 3.78. The van der Waals surface area contributed by atoms with E-state index in [-0.39, 0.29) is 17.0 Å². The number of aromatic nitrogens is 1.